The Morgan fingerprint density at radius 2 is 2.18 bits per heavy atom. The van der Waals surface area contributed by atoms with Crippen molar-refractivity contribution in [3.05, 3.63) is 47.9 Å². The van der Waals surface area contributed by atoms with Crippen LogP contribution < -0.4 is 16.8 Å². The molecule has 6 heteroatoms. The van der Waals surface area contributed by atoms with E-state index < -0.39 is 5.92 Å². The summed E-state index contributed by atoms with van der Waals surface area (Å²) >= 11 is 0. The van der Waals surface area contributed by atoms with Gasteiger partial charge in [0.25, 0.3) is 0 Å². The van der Waals surface area contributed by atoms with Crippen molar-refractivity contribution in [2.75, 3.05) is 17.6 Å². The second kappa shape index (κ2) is 6.91. The Morgan fingerprint density at radius 3 is 2.77 bits per heavy atom. The standard InChI is InChI=1S/C16H20N4O2/c1-10(18)13-9-11(4-5-14(13)19)20-16(21)12(6-7-17)15-3-2-8-22-15/h2-5,8-9,12,18H,6-7,17,19H2,1H3,(H,20,21). The lowest BCUT2D eigenvalue weighted by atomic mass is 10.0. The minimum absolute atomic E-state index is 0.196. The van der Waals surface area contributed by atoms with Gasteiger partial charge in [-0.3, -0.25) is 4.79 Å². The van der Waals surface area contributed by atoms with Crippen LogP contribution in [0.2, 0.25) is 0 Å². The summed E-state index contributed by atoms with van der Waals surface area (Å²) in [6.07, 6.45) is 2.02. The summed E-state index contributed by atoms with van der Waals surface area (Å²) in [5.41, 5.74) is 13.5. The highest BCUT2D eigenvalue weighted by atomic mass is 16.3. The number of nitrogens with two attached hydrogens (primary N) is 2. The first-order chi connectivity index (χ1) is 10.5. The highest BCUT2D eigenvalue weighted by Crippen LogP contribution is 2.24. The molecule has 0 fully saturated rings. The Kier molecular flexibility index (Phi) is 4.95. The number of furan rings is 1. The third-order valence-electron chi connectivity index (χ3n) is 3.38. The smallest absolute Gasteiger partial charge is 0.235 e. The van der Waals surface area contributed by atoms with Crippen molar-refractivity contribution in [2.24, 2.45) is 5.73 Å². The van der Waals surface area contributed by atoms with Crippen LogP contribution in [-0.2, 0) is 4.79 Å². The highest BCUT2D eigenvalue weighted by Gasteiger charge is 2.22. The summed E-state index contributed by atoms with van der Waals surface area (Å²) in [4.78, 5) is 12.5. The predicted molar refractivity (Wildman–Crippen MR) is 87.1 cm³/mol. The van der Waals surface area contributed by atoms with E-state index in [9.17, 15) is 4.79 Å². The largest absolute Gasteiger partial charge is 0.469 e. The Labute approximate surface area is 129 Å². The number of hydrogen-bond donors (Lipinski definition) is 4. The van der Waals surface area contributed by atoms with Crippen molar-refractivity contribution >= 4 is 23.0 Å². The molecule has 0 bridgehead atoms. The summed E-state index contributed by atoms with van der Waals surface area (Å²) < 4.78 is 5.32. The average molecular weight is 300 g/mol. The Hall–Kier alpha value is -2.60. The van der Waals surface area contributed by atoms with Crippen molar-refractivity contribution in [2.45, 2.75) is 19.3 Å². The Morgan fingerprint density at radius 1 is 1.41 bits per heavy atom. The van der Waals surface area contributed by atoms with Gasteiger partial charge in [-0.1, -0.05) is 0 Å². The van der Waals surface area contributed by atoms with Gasteiger partial charge < -0.3 is 26.6 Å². The molecule has 0 spiro atoms. The Balaban J connectivity index is 2.20. The number of hydrogen-bond acceptors (Lipinski definition) is 5. The number of rotatable bonds is 6. The zero-order valence-corrected chi connectivity index (χ0v) is 12.4. The van der Waals surface area contributed by atoms with Gasteiger partial charge in [0.1, 0.15) is 5.76 Å². The molecule has 6 nitrogen and oxygen atoms in total. The van der Waals surface area contributed by atoms with E-state index in [1.807, 2.05) is 0 Å². The lowest BCUT2D eigenvalue weighted by Gasteiger charge is -2.15. The fraction of sp³-hybridized carbons (Fsp3) is 0.250. The number of benzene rings is 1. The third kappa shape index (κ3) is 3.53. The summed E-state index contributed by atoms with van der Waals surface area (Å²) in [5.74, 6) is -0.0531. The number of carbonyl (C=O) groups is 1. The zero-order chi connectivity index (χ0) is 16.1. The molecule has 1 amide bonds. The normalized spacial score (nSPS) is 11.9. The van der Waals surface area contributed by atoms with Gasteiger partial charge in [-0.15, -0.1) is 0 Å². The molecule has 1 heterocycles. The number of nitrogens with one attached hydrogen (secondary N) is 2. The fourth-order valence-corrected chi connectivity index (χ4v) is 2.25. The summed E-state index contributed by atoms with van der Waals surface area (Å²) in [6.45, 7) is 2.03. The van der Waals surface area contributed by atoms with Crippen LogP contribution in [0.25, 0.3) is 0 Å². The van der Waals surface area contributed by atoms with Crippen LogP contribution in [0.15, 0.2) is 41.0 Å². The van der Waals surface area contributed by atoms with E-state index in [0.717, 1.165) is 0 Å². The van der Waals surface area contributed by atoms with Crippen molar-refractivity contribution in [3.8, 4) is 0 Å². The topological polar surface area (TPSA) is 118 Å². The van der Waals surface area contributed by atoms with E-state index in [1.165, 1.54) is 6.26 Å². The van der Waals surface area contributed by atoms with E-state index in [-0.39, 0.29) is 5.91 Å². The molecule has 22 heavy (non-hydrogen) atoms. The molecule has 2 rings (SSSR count). The molecular weight excluding hydrogens is 280 g/mol. The number of amides is 1. The van der Waals surface area contributed by atoms with Gasteiger partial charge in [-0.25, -0.2) is 0 Å². The number of carbonyl (C=O) groups excluding carboxylic acids is 1. The molecule has 1 unspecified atom stereocenters. The van der Waals surface area contributed by atoms with Gasteiger partial charge in [-0.05, 0) is 50.2 Å². The molecule has 0 saturated carbocycles. The maximum Gasteiger partial charge on any atom is 0.235 e. The summed E-state index contributed by atoms with van der Waals surface area (Å²) in [6, 6.07) is 8.58. The highest BCUT2D eigenvalue weighted by molar-refractivity contribution is 6.03. The molecule has 0 radical (unpaired) electrons. The Bertz CT molecular complexity index is 665. The molecule has 1 aromatic heterocycles. The average Bonchev–Trinajstić information content (AvgIpc) is 3.00. The molecule has 1 aromatic carbocycles. The van der Waals surface area contributed by atoms with Crippen LogP contribution in [0.5, 0.6) is 0 Å². The van der Waals surface area contributed by atoms with E-state index in [2.05, 4.69) is 5.32 Å². The first-order valence-electron chi connectivity index (χ1n) is 7.02. The first-order valence-corrected chi connectivity index (χ1v) is 7.02. The minimum Gasteiger partial charge on any atom is -0.469 e. The van der Waals surface area contributed by atoms with Gasteiger partial charge >= 0.3 is 0 Å². The summed E-state index contributed by atoms with van der Waals surface area (Å²) in [7, 11) is 0. The fourth-order valence-electron chi connectivity index (χ4n) is 2.25. The molecule has 1 atom stereocenters. The van der Waals surface area contributed by atoms with Crippen LogP contribution in [0, 0.1) is 5.41 Å². The maximum atomic E-state index is 12.5. The van der Waals surface area contributed by atoms with Gasteiger partial charge in [0, 0.05) is 22.6 Å². The molecule has 116 valence electrons. The first kappa shape index (κ1) is 15.8. The summed E-state index contributed by atoms with van der Waals surface area (Å²) in [5, 5.41) is 10.5. The molecule has 0 aliphatic carbocycles. The van der Waals surface area contributed by atoms with Crippen LogP contribution in [-0.4, -0.2) is 18.2 Å². The number of anilines is 2. The van der Waals surface area contributed by atoms with Crippen LogP contribution in [0.1, 0.15) is 30.6 Å². The molecule has 0 aliphatic rings. The van der Waals surface area contributed by atoms with Crippen LogP contribution >= 0.6 is 0 Å². The quantitative estimate of drug-likeness (QED) is 0.483. The third-order valence-corrected chi connectivity index (χ3v) is 3.38. The van der Waals surface area contributed by atoms with Gasteiger partial charge in [0.15, 0.2) is 0 Å². The molecule has 6 N–H and O–H groups in total. The van der Waals surface area contributed by atoms with Gasteiger partial charge in [0.05, 0.1) is 12.2 Å². The molecule has 2 aromatic rings. The molecule has 0 saturated heterocycles. The van der Waals surface area contributed by atoms with Gasteiger partial charge in [-0.2, -0.15) is 0 Å². The van der Waals surface area contributed by atoms with Gasteiger partial charge in [0.2, 0.25) is 5.91 Å². The molecular formula is C16H20N4O2. The van der Waals surface area contributed by atoms with Crippen molar-refractivity contribution < 1.29 is 9.21 Å². The molecule has 0 aliphatic heterocycles. The van der Waals surface area contributed by atoms with Crippen LogP contribution in [0.3, 0.4) is 0 Å². The maximum absolute atomic E-state index is 12.5. The van der Waals surface area contributed by atoms with Crippen LogP contribution in [0.4, 0.5) is 11.4 Å². The SMILES string of the molecule is CC(=N)c1cc(NC(=O)C(CCN)c2ccco2)ccc1N. The lowest BCUT2D eigenvalue weighted by molar-refractivity contribution is -0.118. The zero-order valence-electron chi connectivity index (χ0n) is 12.4. The second-order valence-electron chi connectivity index (χ2n) is 5.06. The predicted octanol–water partition coefficient (Wildman–Crippen LogP) is 2.32. The minimum atomic E-state index is -0.443. The van der Waals surface area contributed by atoms with E-state index >= 15 is 0 Å². The number of nitrogen functional groups attached to an aromatic ring is 1. The van der Waals surface area contributed by atoms with Crippen molar-refractivity contribution in [3.63, 3.8) is 0 Å². The lowest BCUT2D eigenvalue weighted by Crippen LogP contribution is -2.23. The van der Waals surface area contributed by atoms with Crippen molar-refractivity contribution in [1.82, 2.24) is 0 Å². The van der Waals surface area contributed by atoms with Crippen molar-refractivity contribution in [1.29, 1.82) is 5.41 Å². The van der Waals surface area contributed by atoms with E-state index in [0.29, 0.717) is 41.4 Å². The second-order valence-corrected chi connectivity index (χ2v) is 5.06. The monoisotopic (exact) mass is 300 g/mol. The van der Waals surface area contributed by atoms with E-state index in [1.54, 1.807) is 37.3 Å². The van der Waals surface area contributed by atoms with E-state index in [4.69, 9.17) is 21.3 Å².